The molecule has 0 aliphatic carbocycles. The lowest BCUT2D eigenvalue weighted by molar-refractivity contribution is 0.0695. The molecule has 0 radical (unpaired) electrons. The molecule has 1 aliphatic rings. The second-order valence-corrected chi connectivity index (χ2v) is 5.99. The number of aromatic nitrogens is 2. The van der Waals surface area contributed by atoms with Crippen LogP contribution < -0.4 is 0 Å². The first-order chi connectivity index (χ1) is 10.1. The summed E-state index contributed by atoms with van der Waals surface area (Å²) < 4.78 is 0. The Labute approximate surface area is 129 Å². The third-order valence-corrected chi connectivity index (χ3v) is 4.21. The van der Waals surface area contributed by atoms with Crippen molar-refractivity contribution in [2.24, 2.45) is 0 Å². The maximum Gasteiger partial charge on any atom is 0.289 e. The molecule has 110 valence electrons. The van der Waals surface area contributed by atoms with Crippen LogP contribution >= 0.6 is 11.6 Å². The van der Waals surface area contributed by atoms with Crippen molar-refractivity contribution in [1.29, 1.82) is 0 Å². The predicted molar refractivity (Wildman–Crippen MR) is 82.7 cm³/mol. The lowest BCUT2D eigenvalue weighted by Crippen LogP contribution is -2.39. The highest BCUT2D eigenvalue weighted by Gasteiger charge is 2.26. The molecule has 1 aromatic carbocycles. The van der Waals surface area contributed by atoms with Gasteiger partial charge in [0, 0.05) is 35.9 Å². The summed E-state index contributed by atoms with van der Waals surface area (Å²) >= 11 is 5.94. The highest BCUT2D eigenvalue weighted by atomic mass is 35.5. The Hall–Kier alpha value is -1.81. The number of benzene rings is 1. The van der Waals surface area contributed by atoms with Gasteiger partial charge >= 0.3 is 0 Å². The quantitative estimate of drug-likeness (QED) is 0.924. The first-order valence-electron chi connectivity index (χ1n) is 7.20. The number of carbonyl (C=O) groups excluding carboxylic acids is 1. The highest BCUT2D eigenvalue weighted by molar-refractivity contribution is 6.30. The standard InChI is InChI=1S/C16H18ClN3O/c1-11-9-18-15(19-11)16(21)20-8-2-3-13(10-20)12-4-6-14(17)7-5-12/h4-7,9,13H,2-3,8,10H2,1H3,(H,18,19)/t13-/m1/s1. The van der Waals surface area contributed by atoms with Gasteiger partial charge in [-0.2, -0.15) is 0 Å². The normalized spacial score (nSPS) is 18.8. The number of nitrogens with one attached hydrogen (secondary N) is 1. The molecule has 0 spiro atoms. The molecule has 1 N–H and O–H groups in total. The van der Waals surface area contributed by atoms with Gasteiger partial charge in [0.2, 0.25) is 0 Å². The van der Waals surface area contributed by atoms with Gasteiger partial charge in [-0.1, -0.05) is 23.7 Å². The average Bonchev–Trinajstić information content (AvgIpc) is 2.94. The number of rotatable bonds is 2. The summed E-state index contributed by atoms with van der Waals surface area (Å²) in [6, 6.07) is 7.93. The maximum atomic E-state index is 12.5. The Morgan fingerprint density at radius 3 is 2.81 bits per heavy atom. The fraction of sp³-hybridized carbons (Fsp3) is 0.375. The van der Waals surface area contributed by atoms with Crippen LogP contribution in [0, 0.1) is 6.92 Å². The molecule has 2 aromatic rings. The summed E-state index contributed by atoms with van der Waals surface area (Å²) in [4.78, 5) is 21.5. The molecule has 0 bridgehead atoms. The van der Waals surface area contributed by atoms with E-state index in [9.17, 15) is 4.79 Å². The molecule has 1 aliphatic heterocycles. The SMILES string of the molecule is Cc1cnc(C(=O)N2CCC[C@@H](c3ccc(Cl)cc3)C2)[nH]1. The van der Waals surface area contributed by atoms with Crippen LogP contribution in [0.25, 0.3) is 0 Å². The number of halogens is 1. The number of hydrogen-bond acceptors (Lipinski definition) is 2. The van der Waals surface area contributed by atoms with E-state index in [-0.39, 0.29) is 5.91 Å². The van der Waals surface area contributed by atoms with Crippen LogP contribution in [0.2, 0.25) is 5.02 Å². The van der Waals surface area contributed by atoms with E-state index in [0.717, 1.165) is 36.6 Å². The molecule has 1 saturated heterocycles. The number of imidazole rings is 1. The van der Waals surface area contributed by atoms with Gasteiger partial charge in [-0.25, -0.2) is 4.98 Å². The van der Waals surface area contributed by atoms with Crippen LogP contribution in [0.4, 0.5) is 0 Å². The van der Waals surface area contributed by atoms with Gasteiger partial charge in [0.15, 0.2) is 5.82 Å². The number of piperidine rings is 1. The van der Waals surface area contributed by atoms with Gasteiger partial charge < -0.3 is 9.88 Å². The zero-order chi connectivity index (χ0) is 14.8. The number of nitrogens with zero attached hydrogens (tertiary/aromatic N) is 2. The minimum absolute atomic E-state index is 0.0123. The lowest BCUT2D eigenvalue weighted by atomic mass is 9.90. The van der Waals surface area contributed by atoms with Crippen molar-refractivity contribution in [2.45, 2.75) is 25.7 Å². The Balaban J connectivity index is 1.73. The minimum atomic E-state index is -0.0123. The number of likely N-dealkylation sites (tertiary alicyclic amines) is 1. The van der Waals surface area contributed by atoms with Crippen LogP contribution in [0.3, 0.4) is 0 Å². The predicted octanol–water partition coefficient (Wildman–Crippen LogP) is 3.39. The van der Waals surface area contributed by atoms with Gasteiger partial charge in [0.25, 0.3) is 5.91 Å². The number of H-pyrrole nitrogens is 1. The van der Waals surface area contributed by atoms with Crippen LogP contribution in [0.15, 0.2) is 30.5 Å². The second-order valence-electron chi connectivity index (χ2n) is 5.56. The fourth-order valence-electron chi connectivity index (χ4n) is 2.84. The smallest absolute Gasteiger partial charge is 0.289 e. The minimum Gasteiger partial charge on any atom is -0.338 e. The summed E-state index contributed by atoms with van der Waals surface area (Å²) in [5, 5.41) is 0.744. The molecule has 5 heteroatoms. The average molecular weight is 304 g/mol. The summed E-state index contributed by atoms with van der Waals surface area (Å²) in [5.74, 6) is 0.794. The van der Waals surface area contributed by atoms with E-state index < -0.39 is 0 Å². The zero-order valence-electron chi connectivity index (χ0n) is 12.0. The van der Waals surface area contributed by atoms with Gasteiger partial charge in [0.05, 0.1) is 0 Å². The molecular formula is C16H18ClN3O. The van der Waals surface area contributed by atoms with Crippen LogP contribution in [0.5, 0.6) is 0 Å². The van der Waals surface area contributed by atoms with Gasteiger partial charge in [-0.3, -0.25) is 4.79 Å². The van der Waals surface area contributed by atoms with Gasteiger partial charge in [-0.05, 0) is 37.5 Å². The summed E-state index contributed by atoms with van der Waals surface area (Å²) in [7, 11) is 0. The number of aryl methyl sites for hydroxylation is 1. The first-order valence-corrected chi connectivity index (χ1v) is 7.57. The molecule has 3 rings (SSSR count). The Morgan fingerprint density at radius 1 is 1.38 bits per heavy atom. The Bertz CT molecular complexity index is 635. The third kappa shape index (κ3) is 3.10. The molecule has 1 aromatic heterocycles. The molecular weight excluding hydrogens is 286 g/mol. The van der Waals surface area contributed by atoms with Gasteiger partial charge in [-0.15, -0.1) is 0 Å². The van der Waals surface area contributed by atoms with Crippen molar-refractivity contribution in [3.63, 3.8) is 0 Å². The maximum absolute atomic E-state index is 12.5. The van der Waals surface area contributed by atoms with Crippen molar-refractivity contribution >= 4 is 17.5 Å². The number of carbonyl (C=O) groups is 1. The van der Waals surface area contributed by atoms with E-state index in [1.165, 1.54) is 5.56 Å². The van der Waals surface area contributed by atoms with Crippen molar-refractivity contribution < 1.29 is 4.79 Å². The lowest BCUT2D eigenvalue weighted by Gasteiger charge is -2.32. The Morgan fingerprint density at radius 2 is 2.14 bits per heavy atom. The van der Waals surface area contributed by atoms with E-state index in [2.05, 4.69) is 22.1 Å². The van der Waals surface area contributed by atoms with Gasteiger partial charge in [0.1, 0.15) is 0 Å². The second kappa shape index (κ2) is 5.90. The topological polar surface area (TPSA) is 49.0 Å². The highest BCUT2D eigenvalue weighted by Crippen LogP contribution is 2.28. The van der Waals surface area contributed by atoms with Crippen molar-refractivity contribution in [3.8, 4) is 0 Å². The van der Waals surface area contributed by atoms with E-state index in [4.69, 9.17) is 11.6 Å². The van der Waals surface area contributed by atoms with Crippen LogP contribution in [-0.4, -0.2) is 33.9 Å². The van der Waals surface area contributed by atoms with E-state index in [1.807, 2.05) is 24.0 Å². The first kappa shape index (κ1) is 14.1. The molecule has 1 amide bonds. The molecule has 0 saturated carbocycles. The third-order valence-electron chi connectivity index (χ3n) is 3.96. The summed E-state index contributed by atoms with van der Waals surface area (Å²) in [5.41, 5.74) is 2.15. The van der Waals surface area contributed by atoms with E-state index >= 15 is 0 Å². The summed E-state index contributed by atoms with van der Waals surface area (Å²) in [6.07, 6.45) is 3.80. The van der Waals surface area contributed by atoms with E-state index in [0.29, 0.717) is 11.7 Å². The number of hydrogen-bond donors (Lipinski definition) is 1. The zero-order valence-corrected chi connectivity index (χ0v) is 12.7. The summed E-state index contributed by atoms with van der Waals surface area (Å²) in [6.45, 7) is 3.43. The number of amides is 1. The molecule has 4 nitrogen and oxygen atoms in total. The van der Waals surface area contributed by atoms with Crippen LogP contribution in [0.1, 0.15) is 40.6 Å². The fourth-order valence-corrected chi connectivity index (χ4v) is 2.97. The molecule has 2 heterocycles. The molecule has 1 fully saturated rings. The van der Waals surface area contributed by atoms with Crippen LogP contribution in [-0.2, 0) is 0 Å². The monoisotopic (exact) mass is 303 g/mol. The van der Waals surface area contributed by atoms with Crippen molar-refractivity contribution in [1.82, 2.24) is 14.9 Å². The van der Waals surface area contributed by atoms with E-state index in [1.54, 1.807) is 6.20 Å². The number of aromatic amines is 1. The molecule has 0 unspecified atom stereocenters. The van der Waals surface area contributed by atoms with Crippen molar-refractivity contribution in [2.75, 3.05) is 13.1 Å². The molecule has 21 heavy (non-hydrogen) atoms. The van der Waals surface area contributed by atoms with Crippen molar-refractivity contribution in [3.05, 3.63) is 52.6 Å². The largest absolute Gasteiger partial charge is 0.338 e. The molecule has 1 atom stereocenters. The Kier molecular flexibility index (Phi) is 3.97.